The Morgan fingerprint density at radius 1 is 1.03 bits per heavy atom. The molecule has 4 N–H and O–H groups in total. The van der Waals surface area contributed by atoms with Crippen molar-refractivity contribution in [2.24, 2.45) is 16.5 Å². The molecular weight excluding hydrogens is 407 g/mol. The molecule has 4 rings (SSSR count). The second-order valence-electron chi connectivity index (χ2n) is 7.92. The molecule has 0 radical (unpaired) electrons. The van der Waals surface area contributed by atoms with Crippen LogP contribution in [0.25, 0.3) is 11.1 Å². The predicted octanol–water partition coefficient (Wildman–Crippen LogP) is 2.79. The van der Waals surface area contributed by atoms with Crippen LogP contribution in [0.5, 0.6) is 0 Å². The molecule has 1 aromatic heterocycles. The standard InChI is InChI=1S/C24H29FN6O/c25-22-16-18(7-9-21(22)19-4-2-1-3-5-19)6-8-20-17-23(32-29-20)28-24(27)31-14-12-30(11-10-26)13-15-31/h1-5,7,9,16-17H,6,8,10-15,26H2,(H2,27,28). The molecule has 2 heterocycles. The molecular formula is C24H29FN6O. The lowest BCUT2D eigenvalue weighted by molar-refractivity contribution is 0.185. The minimum absolute atomic E-state index is 0.224. The van der Waals surface area contributed by atoms with Crippen molar-refractivity contribution in [3.8, 4) is 11.1 Å². The number of benzene rings is 2. The van der Waals surface area contributed by atoms with Crippen LogP contribution in [-0.2, 0) is 12.8 Å². The molecule has 0 bridgehead atoms. The van der Waals surface area contributed by atoms with Gasteiger partial charge in [0.1, 0.15) is 5.82 Å². The Labute approximate surface area is 187 Å². The van der Waals surface area contributed by atoms with Gasteiger partial charge in [0.2, 0.25) is 0 Å². The maximum absolute atomic E-state index is 14.6. The molecule has 168 valence electrons. The van der Waals surface area contributed by atoms with Crippen molar-refractivity contribution in [3.63, 3.8) is 0 Å². The fourth-order valence-electron chi connectivity index (χ4n) is 3.88. The van der Waals surface area contributed by atoms with Gasteiger partial charge in [0.25, 0.3) is 5.88 Å². The van der Waals surface area contributed by atoms with E-state index in [0.717, 1.165) is 49.5 Å². The smallest absolute Gasteiger partial charge is 0.253 e. The van der Waals surface area contributed by atoms with Crippen LogP contribution >= 0.6 is 0 Å². The summed E-state index contributed by atoms with van der Waals surface area (Å²) in [7, 11) is 0. The Morgan fingerprint density at radius 2 is 1.81 bits per heavy atom. The van der Waals surface area contributed by atoms with Crippen LogP contribution < -0.4 is 11.5 Å². The van der Waals surface area contributed by atoms with E-state index >= 15 is 0 Å². The molecule has 0 aliphatic carbocycles. The van der Waals surface area contributed by atoms with Crippen molar-refractivity contribution < 1.29 is 8.91 Å². The van der Waals surface area contributed by atoms with Crippen molar-refractivity contribution in [2.75, 3.05) is 39.3 Å². The van der Waals surface area contributed by atoms with E-state index in [0.29, 0.717) is 36.8 Å². The minimum atomic E-state index is -0.224. The highest BCUT2D eigenvalue weighted by Crippen LogP contribution is 2.24. The van der Waals surface area contributed by atoms with E-state index in [1.165, 1.54) is 0 Å². The molecule has 7 nitrogen and oxygen atoms in total. The van der Waals surface area contributed by atoms with E-state index in [4.69, 9.17) is 16.0 Å². The summed E-state index contributed by atoms with van der Waals surface area (Å²) in [6, 6.07) is 16.7. The van der Waals surface area contributed by atoms with Gasteiger partial charge in [-0.2, -0.15) is 4.99 Å². The average Bonchev–Trinajstić information content (AvgIpc) is 3.26. The van der Waals surface area contributed by atoms with Crippen LogP contribution in [0, 0.1) is 5.82 Å². The summed E-state index contributed by atoms with van der Waals surface area (Å²) in [5.74, 6) is 0.588. The van der Waals surface area contributed by atoms with Gasteiger partial charge in [-0.15, -0.1) is 0 Å². The highest BCUT2D eigenvalue weighted by atomic mass is 19.1. The van der Waals surface area contributed by atoms with E-state index in [1.807, 2.05) is 47.4 Å². The first-order chi connectivity index (χ1) is 15.6. The molecule has 0 saturated carbocycles. The molecule has 1 fully saturated rings. The SMILES string of the molecule is NCCN1CCN(C(N)=Nc2cc(CCc3ccc(-c4ccccc4)c(F)c3)no2)CC1. The number of rotatable bonds is 7. The van der Waals surface area contributed by atoms with Gasteiger partial charge in [-0.3, -0.25) is 4.90 Å². The number of nitrogens with two attached hydrogens (primary N) is 2. The van der Waals surface area contributed by atoms with Crippen LogP contribution in [0.1, 0.15) is 11.3 Å². The summed E-state index contributed by atoms with van der Waals surface area (Å²) >= 11 is 0. The number of aromatic nitrogens is 1. The van der Waals surface area contributed by atoms with Crippen LogP contribution in [0.3, 0.4) is 0 Å². The maximum atomic E-state index is 14.6. The Bertz CT molecular complexity index is 1040. The molecule has 1 saturated heterocycles. The summed E-state index contributed by atoms with van der Waals surface area (Å²) in [6.45, 7) is 4.99. The lowest BCUT2D eigenvalue weighted by Gasteiger charge is -2.34. The average molecular weight is 437 g/mol. The quantitative estimate of drug-likeness (QED) is 0.437. The first-order valence-electron chi connectivity index (χ1n) is 10.9. The van der Waals surface area contributed by atoms with E-state index in [-0.39, 0.29) is 5.82 Å². The third kappa shape index (κ3) is 5.52. The van der Waals surface area contributed by atoms with Crippen molar-refractivity contribution in [3.05, 3.63) is 71.7 Å². The molecule has 1 aliphatic rings. The Kier molecular flexibility index (Phi) is 7.14. The largest absolute Gasteiger partial charge is 0.369 e. The summed E-state index contributed by atoms with van der Waals surface area (Å²) in [5, 5.41) is 4.08. The first-order valence-corrected chi connectivity index (χ1v) is 10.9. The molecule has 3 aromatic rings. The number of nitrogens with zero attached hydrogens (tertiary/aromatic N) is 4. The number of guanidine groups is 1. The van der Waals surface area contributed by atoms with Gasteiger partial charge in [0.05, 0.1) is 5.69 Å². The third-order valence-electron chi connectivity index (χ3n) is 5.70. The fraction of sp³-hybridized carbons (Fsp3) is 0.333. The summed E-state index contributed by atoms with van der Waals surface area (Å²) in [5.41, 5.74) is 14.9. The molecule has 0 atom stereocenters. The number of aryl methyl sites for hydroxylation is 2. The molecule has 8 heteroatoms. The summed E-state index contributed by atoms with van der Waals surface area (Å²) in [4.78, 5) is 8.72. The van der Waals surface area contributed by atoms with Gasteiger partial charge in [0.15, 0.2) is 5.96 Å². The highest BCUT2D eigenvalue weighted by molar-refractivity contribution is 5.80. The van der Waals surface area contributed by atoms with Crippen LogP contribution in [-0.4, -0.2) is 60.2 Å². The molecule has 1 aliphatic heterocycles. The number of hydrogen-bond donors (Lipinski definition) is 2. The monoisotopic (exact) mass is 436 g/mol. The van der Waals surface area contributed by atoms with Crippen LogP contribution in [0.4, 0.5) is 10.3 Å². The predicted molar refractivity (Wildman–Crippen MR) is 124 cm³/mol. The molecule has 32 heavy (non-hydrogen) atoms. The van der Waals surface area contributed by atoms with E-state index < -0.39 is 0 Å². The molecule has 0 amide bonds. The van der Waals surface area contributed by atoms with Gasteiger partial charge in [-0.25, -0.2) is 4.39 Å². The number of halogens is 1. The number of aliphatic imine (C=N–C) groups is 1. The Balaban J connectivity index is 1.33. The van der Waals surface area contributed by atoms with Crippen LogP contribution in [0.15, 0.2) is 64.1 Å². The van der Waals surface area contributed by atoms with Crippen LogP contribution in [0.2, 0.25) is 0 Å². The van der Waals surface area contributed by atoms with Gasteiger partial charge in [-0.05, 0) is 30.0 Å². The first kappa shape index (κ1) is 22.0. The van der Waals surface area contributed by atoms with Gasteiger partial charge in [0, 0.05) is 50.9 Å². The van der Waals surface area contributed by atoms with Crippen molar-refractivity contribution in [1.82, 2.24) is 15.0 Å². The van der Waals surface area contributed by atoms with Crippen molar-refractivity contribution in [1.29, 1.82) is 0 Å². The van der Waals surface area contributed by atoms with Crippen molar-refractivity contribution in [2.45, 2.75) is 12.8 Å². The second-order valence-corrected chi connectivity index (χ2v) is 7.92. The van der Waals surface area contributed by atoms with E-state index in [2.05, 4.69) is 15.0 Å². The normalized spacial score (nSPS) is 15.3. The minimum Gasteiger partial charge on any atom is -0.369 e. The Hall–Kier alpha value is -3.23. The Morgan fingerprint density at radius 3 is 2.53 bits per heavy atom. The zero-order valence-electron chi connectivity index (χ0n) is 18.1. The van der Waals surface area contributed by atoms with Gasteiger partial charge in [-0.1, -0.05) is 47.6 Å². The molecule has 0 unspecified atom stereocenters. The zero-order chi connectivity index (χ0) is 22.3. The lowest BCUT2D eigenvalue weighted by Crippen LogP contribution is -2.51. The van der Waals surface area contributed by atoms with Gasteiger partial charge >= 0.3 is 0 Å². The van der Waals surface area contributed by atoms with Gasteiger partial charge < -0.3 is 20.9 Å². The molecule has 0 spiro atoms. The second kappa shape index (κ2) is 10.4. The van der Waals surface area contributed by atoms with E-state index in [9.17, 15) is 4.39 Å². The topological polar surface area (TPSA) is 96.9 Å². The third-order valence-corrected chi connectivity index (χ3v) is 5.70. The molecule has 2 aromatic carbocycles. The van der Waals surface area contributed by atoms with Crippen molar-refractivity contribution >= 4 is 11.8 Å². The number of hydrogen-bond acceptors (Lipinski definition) is 5. The zero-order valence-corrected chi connectivity index (χ0v) is 18.1. The maximum Gasteiger partial charge on any atom is 0.253 e. The summed E-state index contributed by atoms with van der Waals surface area (Å²) < 4.78 is 19.9. The lowest BCUT2D eigenvalue weighted by atomic mass is 10.0. The number of piperazine rings is 1. The highest BCUT2D eigenvalue weighted by Gasteiger charge is 2.18. The summed E-state index contributed by atoms with van der Waals surface area (Å²) in [6.07, 6.45) is 1.28. The van der Waals surface area contributed by atoms with E-state index in [1.54, 1.807) is 12.1 Å². The fourth-order valence-corrected chi connectivity index (χ4v) is 3.88.